The highest BCUT2D eigenvalue weighted by Crippen LogP contribution is 2.54. The smallest absolute Gasteiger partial charge is 0.231 e. The van der Waals surface area contributed by atoms with Crippen LogP contribution in [0.5, 0.6) is 51.7 Å². The minimum atomic E-state index is -0.829. The van der Waals surface area contributed by atoms with Gasteiger partial charge in [-0.2, -0.15) is 0 Å². The average Bonchev–Trinajstić information content (AvgIpc) is 3.50. The molecule has 0 bridgehead atoms. The van der Waals surface area contributed by atoms with Crippen LogP contribution < -0.4 is 38.6 Å². The summed E-state index contributed by atoms with van der Waals surface area (Å²) in [5, 5.41) is 22.9. The molecule has 0 saturated carbocycles. The number of hydrogen-bond acceptors (Lipinski definition) is 11. The minimum absolute atomic E-state index is 0.0215. The standard InChI is InChI=1S/C32H28O11/c1-36-17-12-19(38-3)18(37-2)11-16(17)22(15-9-7-6-8-10-15)24-27(34)32(40-5)28(35)25-26(33)23-20(43-30(24)25)13-21-29(31(23)39-4)42-14-41-21/h6-13,22,34-35H,14H2,1-5H3/t22-/m0/s1. The molecule has 1 aliphatic heterocycles. The average molecular weight is 589 g/mol. The van der Waals surface area contributed by atoms with Crippen molar-refractivity contribution in [1.82, 2.24) is 0 Å². The zero-order valence-electron chi connectivity index (χ0n) is 24.0. The van der Waals surface area contributed by atoms with Crippen molar-refractivity contribution in [3.05, 3.63) is 75.4 Å². The first-order chi connectivity index (χ1) is 20.9. The second kappa shape index (κ2) is 10.8. The third kappa shape index (κ3) is 4.15. The predicted molar refractivity (Wildman–Crippen MR) is 156 cm³/mol. The van der Waals surface area contributed by atoms with E-state index in [0.717, 1.165) is 0 Å². The number of rotatable bonds is 8. The zero-order chi connectivity index (χ0) is 30.4. The molecule has 1 aromatic heterocycles. The monoisotopic (exact) mass is 588 g/mol. The molecule has 1 atom stereocenters. The summed E-state index contributed by atoms with van der Waals surface area (Å²) < 4.78 is 45.4. The molecule has 2 N–H and O–H groups in total. The van der Waals surface area contributed by atoms with E-state index in [-0.39, 0.29) is 51.5 Å². The van der Waals surface area contributed by atoms with Gasteiger partial charge in [0.1, 0.15) is 22.1 Å². The van der Waals surface area contributed by atoms with Crippen molar-refractivity contribution < 1.29 is 47.8 Å². The first-order valence-electron chi connectivity index (χ1n) is 13.1. The number of ether oxygens (including phenoxy) is 7. The lowest BCUT2D eigenvalue weighted by atomic mass is 9.82. The van der Waals surface area contributed by atoms with Gasteiger partial charge in [-0.25, -0.2) is 0 Å². The number of benzene rings is 4. The van der Waals surface area contributed by atoms with Crippen molar-refractivity contribution in [3.8, 4) is 51.7 Å². The lowest BCUT2D eigenvalue weighted by Crippen LogP contribution is -2.11. The maximum Gasteiger partial charge on any atom is 0.231 e. The highest BCUT2D eigenvalue weighted by Gasteiger charge is 2.35. The van der Waals surface area contributed by atoms with E-state index in [4.69, 9.17) is 37.6 Å². The van der Waals surface area contributed by atoms with Crippen molar-refractivity contribution in [1.29, 1.82) is 0 Å². The number of phenolic OH excluding ortho intramolecular Hbond substituents is 2. The van der Waals surface area contributed by atoms with Crippen LogP contribution in [0, 0.1) is 0 Å². The second-order valence-corrected chi connectivity index (χ2v) is 9.59. The minimum Gasteiger partial charge on any atom is -0.504 e. The van der Waals surface area contributed by atoms with Crippen LogP contribution in [0.25, 0.3) is 21.9 Å². The quantitative estimate of drug-likeness (QED) is 0.180. The summed E-state index contributed by atoms with van der Waals surface area (Å²) in [4.78, 5) is 14.2. The number of phenols is 2. The van der Waals surface area contributed by atoms with E-state index in [0.29, 0.717) is 34.1 Å². The van der Waals surface area contributed by atoms with Gasteiger partial charge in [0.15, 0.2) is 40.1 Å². The fourth-order valence-electron chi connectivity index (χ4n) is 5.62. The molecule has 1 aliphatic rings. The van der Waals surface area contributed by atoms with Gasteiger partial charge < -0.3 is 47.8 Å². The predicted octanol–water partition coefficient (Wildman–Crippen LogP) is 5.31. The summed E-state index contributed by atoms with van der Waals surface area (Å²) in [5.41, 5.74) is 0.756. The van der Waals surface area contributed by atoms with Crippen LogP contribution in [-0.2, 0) is 0 Å². The Morgan fingerprint density at radius 1 is 0.744 bits per heavy atom. The third-order valence-electron chi connectivity index (χ3n) is 7.52. The van der Waals surface area contributed by atoms with E-state index >= 15 is 0 Å². The normalized spacial score (nSPS) is 12.8. The van der Waals surface area contributed by atoms with Crippen LogP contribution in [-0.4, -0.2) is 52.6 Å². The molecule has 0 unspecified atom stereocenters. The Hall–Kier alpha value is -5.45. The molecule has 0 radical (unpaired) electrons. The molecule has 222 valence electrons. The van der Waals surface area contributed by atoms with Gasteiger partial charge in [0, 0.05) is 23.6 Å². The molecule has 0 spiro atoms. The summed E-state index contributed by atoms with van der Waals surface area (Å²) in [5.74, 6) is -0.298. The highest BCUT2D eigenvalue weighted by atomic mass is 16.7. The summed E-state index contributed by atoms with van der Waals surface area (Å²) in [6.07, 6.45) is 0. The Balaban J connectivity index is 1.81. The second-order valence-electron chi connectivity index (χ2n) is 9.59. The number of fused-ring (bicyclic) bond motifs is 3. The largest absolute Gasteiger partial charge is 0.504 e. The van der Waals surface area contributed by atoms with Gasteiger partial charge >= 0.3 is 0 Å². The van der Waals surface area contributed by atoms with Crippen molar-refractivity contribution in [2.75, 3.05) is 42.3 Å². The van der Waals surface area contributed by atoms with Gasteiger partial charge in [0.05, 0.1) is 41.1 Å². The highest BCUT2D eigenvalue weighted by molar-refractivity contribution is 6.02. The zero-order valence-corrected chi connectivity index (χ0v) is 24.0. The van der Waals surface area contributed by atoms with E-state index in [9.17, 15) is 15.0 Å². The van der Waals surface area contributed by atoms with Gasteiger partial charge in [-0.3, -0.25) is 4.79 Å². The first-order valence-corrected chi connectivity index (χ1v) is 13.1. The van der Waals surface area contributed by atoms with E-state index in [1.165, 1.54) is 41.6 Å². The Bertz CT molecular complexity index is 1930. The van der Waals surface area contributed by atoms with Crippen LogP contribution in [0.2, 0.25) is 0 Å². The number of hydrogen-bond donors (Lipinski definition) is 2. The van der Waals surface area contributed by atoms with Crippen molar-refractivity contribution in [3.63, 3.8) is 0 Å². The third-order valence-corrected chi connectivity index (χ3v) is 7.52. The van der Waals surface area contributed by atoms with Crippen molar-refractivity contribution in [2.24, 2.45) is 0 Å². The molecule has 0 saturated heterocycles. The molecule has 0 amide bonds. The van der Waals surface area contributed by atoms with Crippen LogP contribution >= 0.6 is 0 Å². The van der Waals surface area contributed by atoms with E-state index in [1.807, 2.05) is 30.3 Å². The first kappa shape index (κ1) is 27.7. The van der Waals surface area contributed by atoms with Crippen molar-refractivity contribution in [2.45, 2.75) is 5.92 Å². The van der Waals surface area contributed by atoms with Crippen molar-refractivity contribution >= 4 is 21.9 Å². The van der Waals surface area contributed by atoms with Gasteiger partial charge in [-0.1, -0.05) is 30.3 Å². The lowest BCUT2D eigenvalue weighted by molar-refractivity contribution is 0.171. The van der Waals surface area contributed by atoms with Gasteiger partial charge in [0.2, 0.25) is 23.7 Å². The maximum absolute atomic E-state index is 14.2. The summed E-state index contributed by atoms with van der Waals surface area (Å²) >= 11 is 0. The molecular formula is C32H28O11. The van der Waals surface area contributed by atoms with Crippen LogP contribution in [0.4, 0.5) is 0 Å². The molecule has 2 heterocycles. The summed E-state index contributed by atoms with van der Waals surface area (Å²) in [7, 11) is 7.18. The molecule has 5 aromatic rings. The van der Waals surface area contributed by atoms with Gasteiger partial charge in [-0.15, -0.1) is 0 Å². The molecule has 11 heteroatoms. The molecule has 43 heavy (non-hydrogen) atoms. The Kier molecular flexibility index (Phi) is 6.93. The number of aromatic hydroxyl groups is 2. The Morgan fingerprint density at radius 3 is 2.07 bits per heavy atom. The van der Waals surface area contributed by atoms with Crippen LogP contribution in [0.15, 0.2) is 57.7 Å². The van der Waals surface area contributed by atoms with Gasteiger partial charge in [-0.05, 0) is 11.6 Å². The Morgan fingerprint density at radius 2 is 1.42 bits per heavy atom. The topological polar surface area (TPSA) is 135 Å². The number of methoxy groups -OCH3 is 5. The molecule has 0 fully saturated rings. The molecule has 6 rings (SSSR count). The molecule has 4 aromatic carbocycles. The van der Waals surface area contributed by atoms with Gasteiger partial charge in [0.25, 0.3) is 0 Å². The summed E-state index contributed by atoms with van der Waals surface area (Å²) in [6.45, 7) is -0.0734. The molecular weight excluding hydrogens is 560 g/mol. The summed E-state index contributed by atoms with van der Waals surface area (Å²) in [6, 6.07) is 14.1. The van der Waals surface area contributed by atoms with Crippen LogP contribution in [0.1, 0.15) is 22.6 Å². The van der Waals surface area contributed by atoms with E-state index < -0.39 is 22.8 Å². The van der Waals surface area contributed by atoms with E-state index in [2.05, 4.69) is 0 Å². The fourth-order valence-corrected chi connectivity index (χ4v) is 5.62. The fraction of sp³-hybridized carbons (Fsp3) is 0.219. The van der Waals surface area contributed by atoms with E-state index in [1.54, 1.807) is 12.1 Å². The van der Waals surface area contributed by atoms with Crippen LogP contribution in [0.3, 0.4) is 0 Å². The maximum atomic E-state index is 14.2. The SMILES string of the molecule is COc1cc(OC)c([C@H](c2ccccc2)c2c(O)c(OC)c(O)c3c(=O)c4c(OC)c5c(cc4oc23)OCO5)cc1OC. The Labute approximate surface area is 245 Å². The molecule has 11 nitrogen and oxygen atoms in total. The molecule has 0 aliphatic carbocycles. The lowest BCUT2D eigenvalue weighted by Gasteiger charge is -2.25.